The Morgan fingerprint density at radius 1 is 1.24 bits per heavy atom. The lowest BCUT2D eigenvalue weighted by molar-refractivity contribution is -0.232. The molecule has 0 aromatic heterocycles. The molecule has 0 unspecified atom stereocenters. The Morgan fingerprint density at radius 3 is 2.66 bits per heavy atom. The number of carbonyl (C=O) groups is 2. The van der Waals surface area contributed by atoms with E-state index in [0.29, 0.717) is 12.8 Å². The summed E-state index contributed by atoms with van der Waals surface area (Å²) in [6.45, 7) is 7.62. The molecule has 158 valence electrons. The van der Waals surface area contributed by atoms with Gasteiger partial charge in [-0.1, -0.05) is 25.5 Å². The number of carboxylic acid groups (broad SMARTS) is 1. The predicted octanol–water partition coefficient (Wildman–Crippen LogP) is 2.85. The normalized spacial score (nSPS) is 52.2. The Balaban J connectivity index is 1.59. The number of fused-ring (bicyclic) bond motifs is 7. The minimum Gasteiger partial charge on any atom is -0.479 e. The van der Waals surface area contributed by atoms with Crippen molar-refractivity contribution in [2.45, 2.75) is 77.0 Å². The van der Waals surface area contributed by atoms with Crippen molar-refractivity contribution in [1.82, 2.24) is 0 Å². The molecular formula is C23H30O6. The van der Waals surface area contributed by atoms with Crippen molar-refractivity contribution in [3.05, 3.63) is 23.8 Å². The minimum atomic E-state index is -1.44. The van der Waals surface area contributed by atoms with Gasteiger partial charge in [-0.2, -0.15) is 0 Å². The van der Waals surface area contributed by atoms with E-state index < -0.39 is 35.0 Å². The van der Waals surface area contributed by atoms with E-state index in [0.717, 1.165) is 18.4 Å². The van der Waals surface area contributed by atoms with Crippen molar-refractivity contribution in [3.63, 3.8) is 0 Å². The number of ether oxygens (including phenoxy) is 2. The fraction of sp³-hybridized carbons (Fsp3) is 0.739. The molecular weight excluding hydrogens is 372 g/mol. The Labute approximate surface area is 170 Å². The zero-order valence-electron chi connectivity index (χ0n) is 17.5. The largest absolute Gasteiger partial charge is 0.479 e. The quantitative estimate of drug-likeness (QED) is 0.701. The standard InChI is InChI=1S/C23H30O6/c1-20(2)28-17-10-15-14-6-5-12-9-13(24)7-8-21(12,3)18(14)16(25)11-22(15,4)23(17,29-20)19(26)27/h7-9,14-18,25H,5-6,10-11H2,1-4H3,(H,26,27)/t14-,15+,16+,17-,18+,21+,22+,23+/m1/s1. The molecule has 5 rings (SSSR count). The van der Waals surface area contributed by atoms with Crippen LogP contribution in [0.25, 0.3) is 0 Å². The second-order valence-electron chi connectivity index (χ2n) is 10.6. The van der Waals surface area contributed by atoms with Crippen molar-refractivity contribution in [2.24, 2.45) is 28.6 Å². The number of aliphatic carboxylic acids is 1. The predicted molar refractivity (Wildman–Crippen MR) is 104 cm³/mol. The second kappa shape index (κ2) is 5.59. The topological polar surface area (TPSA) is 93.1 Å². The molecule has 0 amide bonds. The van der Waals surface area contributed by atoms with Gasteiger partial charge in [0, 0.05) is 16.7 Å². The van der Waals surface area contributed by atoms with Crippen LogP contribution in [0.5, 0.6) is 0 Å². The minimum absolute atomic E-state index is 0.00956. The summed E-state index contributed by atoms with van der Waals surface area (Å²) >= 11 is 0. The molecule has 1 saturated heterocycles. The van der Waals surface area contributed by atoms with Gasteiger partial charge in [-0.25, -0.2) is 4.79 Å². The average Bonchev–Trinajstić information content (AvgIpc) is 3.02. The number of rotatable bonds is 1. The number of aliphatic hydroxyl groups is 1. The van der Waals surface area contributed by atoms with Gasteiger partial charge in [0.2, 0.25) is 0 Å². The first-order valence-corrected chi connectivity index (χ1v) is 10.7. The lowest BCUT2D eigenvalue weighted by Gasteiger charge is -2.59. The number of hydrogen-bond donors (Lipinski definition) is 2. The molecule has 2 N–H and O–H groups in total. The summed E-state index contributed by atoms with van der Waals surface area (Å²) < 4.78 is 12.3. The van der Waals surface area contributed by atoms with Crippen molar-refractivity contribution in [2.75, 3.05) is 0 Å². The van der Waals surface area contributed by atoms with Gasteiger partial charge in [-0.15, -0.1) is 0 Å². The van der Waals surface area contributed by atoms with Crippen LogP contribution in [0.2, 0.25) is 0 Å². The highest BCUT2D eigenvalue weighted by atomic mass is 16.8. The Bertz CT molecular complexity index is 857. The van der Waals surface area contributed by atoms with E-state index in [2.05, 4.69) is 6.92 Å². The maximum atomic E-state index is 12.6. The van der Waals surface area contributed by atoms with Crippen molar-refractivity contribution < 1.29 is 29.3 Å². The number of carbonyl (C=O) groups excluding carboxylic acids is 1. The zero-order valence-corrected chi connectivity index (χ0v) is 17.5. The summed E-state index contributed by atoms with van der Waals surface area (Å²) in [7, 11) is 0. The highest BCUT2D eigenvalue weighted by Crippen LogP contribution is 2.70. The van der Waals surface area contributed by atoms with Gasteiger partial charge >= 0.3 is 5.97 Å². The van der Waals surface area contributed by atoms with Crippen LogP contribution in [-0.4, -0.2) is 45.6 Å². The molecule has 1 aliphatic heterocycles. The van der Waals surface area contributed by atoms with Crippen LogP contribution in [0.3, 0.4) is 0 Å². The molecule has 1 heterocycles. The summed E-state index contributed by atoms with van der Waals surface area (Å²) in [5.74, 6) is -1.74. The van der Waals surface area contributed by atoms with Gasteiger partial charge in [0.25, 0.3) is 0 Å². The zero-order chi connectivity index (χ0) is 21.0. The smallest absolute Gasteiger partial charge is 0.339 e. The highest BCUT2D eigenvalue weighted by Gasteiger charge is 2.77. The number of ketones is 1. The second-order valence-corrected chi connectivity index (χ2v) is 10.6. The summed E-state index contributed by atoms with van der Waals surface area (Å²) in [6, 6.07) is 0. The van der Waals surface area contributed by atoms with Crippen molar-refractivity contribution in [1.29, 1.82) is 0 Å². The molecule has 4 aliphatic carbocycles. The molecule has 4 fully saturated rings. The Hall–Kier alpha value is -1.50. The van der Waals surface area contributed by atoms with E-state index in [1.165, 1.54) is 0 Å². The van der Waals surface area contributed by atoms with Crippen molar-refractivity contribution >= 4 is 11.8 Å². The first-order valence-electron chi connectivity index (χ1n) is 10.7. The lowest BCUT2D eigenvalue weighted by atomic mass is 9.46. The van der Waals surface area contributed by atoms with E-state index in [1.54, 1.807) is 26.0 Å². The summed E-state index contributed by atoms with van der Waals surface area (Å²) in [5.41, 5.74) is -1.44. The van der Waals surface area contributed by atoms with E-state index in [9.17, 15) is 19.8 Å². The first kappa shape index (κ1) is 19.5. The van der Waals surface area contributed by atoms with E-state index in [1.807, 2.05) is 13.0 Å². The summed E-state index contributed by atoms with van der Waals surface area (Å²) in [6.07, 6.45) is 6.73. The van der Waals surface area contributed by atoms with Crippen LogP contribution in [-0.2, 0) is 19.1 Å². The van der Waals surface area contributed by atoms with Gasteiger partial charge in [-0.05, 0) is 63.5 Å². The molecule has 0 radical (unpaired) electrons. The third kappa shape index (κ3) is 2.23. The lowest BCUT2D eigenvalue weighted by Crippen LogP contribution is -2.63. The van der Waals surface area contributed by atoms with Crippen LogP contribution < -0.4 is 0 Å². The maximum absolute atomic E-state index is 12.6. The van der Waals surface area contributed by atoms with Crippen LogP contribution in [0, 0.1) is 28.6 Å². The third-order valence-electron chi connectivity index (χ3n) is 8.81. The SMILES string of the molecule is CC1(C)O[C@@H]2C[C@H]3[C@H]4CCC5=CC(=O)C=C[C@]5(C)[C@@H]4[C@@H](O)C[C@]3(C)[C@]2(C(=O)O)O1. The molecule has 6 heteroatoms. The number of aliphatic hydroxyl groups excluding tert-OH is 1. The van der Waals surface area contributed by atoms with E-state index in [-0.39, 0.29) is 29.0 Å². The highest BCUT2D eigenvalue weighted by molar-refractivity contribution is 6.01. The number of carboxylic acids is 1. The van der Waals surface area contributed by atoms with Crippen molar-refractivity contribution in [3.8, 4) is 0 Å². The molecule has 3 saturated carbocycles. The summed E-state index contributed by atoms with van der Waals surface area (Å²) in [5, 5.41) is 21.7. The number of allylic oxidation sites excluding steroid dienone is 4. The fourth-order valence-corrected chi connectivity index (χ4v) is 7.79. The molecule has 0 aromatic rings. The van der Waals surface area contributed by atoms with E-state index >= 15 is 0 Å². The Morgan fingerprint density at radius 2 is 1.97 bits per heavy atom. The maximum Gasteiger partial charge on any atom is 0.339 e. The van der Waals surface area contributed by atoms with Gasteiger partial charge in [0.1, 0.15) is 6.10 Å². The van der Waals surface area contributed by atoms with Gasteiger partial charge in [0.05, 0.1) is 6.10 Å². The molecule has 5 aliphatic rings. The Kier molecular flexibility index (Phi) is 3.75. The van der Waals surface area contributed by atoms with Crippen LogP contribution in [0.15, 0.2) is 23.8 Å². The van der Waals surface area contributed by atoms with Crippen LogP contribution in [0.4, 0.5) is 0 Å². The molecule has 29 heavy (non-hydrogen) atoms. The summed E-state index contributed by atoms with van der Waals surface area (Å²) in [4.78, 5) is 24.5. The van der Waals surface area contributed by atoms with Crippen LogP contribution >= 0.6 is 0 Å². The fourth-order valence-electron chi connectivity index (χ4n) is 7.79. The first-order chi connectivity index (χ1) is 13.4. The van der Waals surface area contributed by atoms with E-state index in [4.69, 9.17) is 9.47 Å². The number of hydrogen-bond acceptors (Lipinski definition) is 5. The average molecular weight is 402 g/mol. The molecule has 0 spiro atoms. The van der Waals surface area contributed by atoms with Gasteiger partial charge in [-0.3, -0.25) is 4.79 Å². The molecule has 6 nitrogen and oxygen atoms in total. The van der Waals surface area contributed by atoms with Crippen LogP contribution in [0.1, 0.15) is 53.4 Å². The monoisotopic (exact) mass is 402 g/mol. The van der Waals surface area contributed by atoms with Gasteiger partial charge in [0.15, 0.2) is 17.2 Å². The van der Waals surface area contributed by atoms with Gasteiger partial charge < -0.3 is 19.7 Å². The third-order valence-corrected chi connectivity index (χ3v) is 8.81. The molecule has 0 aromatic carbocycles. The molecule has 0 bridgehead atoms. The molecule has 8 atom stereocenters.